The van der Waals surface area contributed by atoms with Crippen molar-refractivity contribution in [2.24, 2.45) is 5.92 Å². The van der Waals surface area contributed by atoms with Gasteiger partial charge in [-0.2, -0.15) is 0 Å². The number of hydrogen-bond donors (Lipinski definition) is 3. The van der Waals surface area contributed by atoms with Crippen molar-refractivity contribution >= 4 is 11.9 Å². The molecule has 0 spiro atoms. The third-order valence-electron chi connectivity index (χ3n) is 5.71. The zero-order chi connectivity index (χ0) is 22.9. The van der Waals surface area contributed by atoms with Crippen LogP contribution in [0.25, 0.3) is 0 Å². The molecule has 0 aromatic heterocycles. The van der Waals surface area contributed by atoms with Crippen LogP contribution in [0.2, 0.25) is 0 Å². The van der Waals surface area contributed by atoms with Crippen LogP contribution in [0, 0.1) is 5.92 Å². The molecule has 0 radical (unpaired) electrons. The van der Waals surface area contributed by atoms with Gasteiger partial charge in [0.15, 0.2) is 0 Å². The summed E-state index contributed by atoms with van der Waals surface area (Å²) < 4.78 is 5.69. The van der Waals surface area contributed by atoms with Gasteiger partial charge >= 0.3 is 6.03 Å². The van der Waals surface area contributed by atoms with Crippen molar-refractivity contribution in [2.45, 2.75) is 51.4 Å². The minimum atomic E-state index is -0.804. The highest BCUT2D eigenvalue weighted by molar-refractivity contribution is 5.87. The molecule has 7 nitrogen and oxygen atoms in total. The predicted molar refractivity (Wildman–Crippen MR) is 123 cm³/mol. The molecule has 172 valence electrons. The lowest BCUT2D eigenvalue weighted by Crippen LogP contribution is -2.56. The first kappa shape index (κ1) is 23.6. The number of amides is 3. The standard InChI is InChI=1S/C25H33N3O4/c1-18(2)23(27-25(31)26-16-19-10-5-3-6-11-19)24(30)28-15-9-14-21(28)22(29)17-32-20-12-7-4-8-13-20/h3-8,10-13,18,21-23,29H,9,14-17H2,1-2H3,(H2,26,27,31)/t21-,22?,23-/m0/s1. The summed E-state index contributed by atoms with van der Waals surface area (Å²) in [7, 11) is 0. The SMILES string of the molecule is CC(C)[C@H](NC(=O)NCc1ccccc1)C(=O)N1CCC[C@H]1C(O)COc1ccccc1. The minimum Gasteiger partial charge on any atom is -0.491 e. The Morgan fingerprint density at radius 3 is 2.41 bits per heavy atom. The van der Waals surface area contributed by atoms with Crippen LogP contribution in [0.15, 0.2) is 60.7 Å². The molecule has 0 aliphatic carbocycles. The molecule has 2 aromatic rings. The largest absolute Gasteiger partial charge is 0.491 e. The third kappa shape index (κ3) is 6.47. The first-order chi connectivity index (χ1) is 15.5. The lowest BCUT2D eigenvalue weighted by Gasteiger charge is -2.33. The first-order valence-electron chi connectivity index (χ1n) is 11.2. The molecule has 1 saturated heterocycles. The Kier molecular flexibility index (Phi) is 8.50. The number of aliphatic hydroxyl groups is 1. The quantitative estimate of drug-likeness (QED) is 0.560. The molecule has 3 N–H and O–H groups in total. The normalized spacial score (nSPS) is 17.6. The van der Waals surface area contributed by atoms with Gasteiger partial charge in [0.05, 0.1) is 6.04 Å². The molecule has 1 aliphatic rings. The molecule has 1 heterocycles. The smallest absolute Gasteiger partial charge is 0.315 e. The van der Waals surface area contributed by atoms with Crippen LogP contribution in [0.4, 0.5) is 4.79 Å². The third-order valence-corrected chi connectivity index (χ3v) is 5.71. The molecule has 0 bridgehead atoms. The van der Waals surface area contributed by atoms with E-state index in [1.807, 2.05) is 74.5 Å². The van der Waals surface area contributed by atoms with E-state index in [0.29, 0.717) is 25.3 Å². The topological polar surface area (TPSA) is 90.9 Å². The molecule has 7 heteroatoms. The summed E-state index contributed by atoms with van der Waals surface area (Å²) in [6.07, 6.45) is 0.710. The lowest BCUT2D eigenvalue weighted by molar-refractivity contribution is -0.137. The number of para-hydroxylation sites is 1. The molecule has 2 aromatic carbocycles. The molecule has 1 aliphatic heterocycles. The summed E-state index contributed by atoms with van der Waals surface area (Å²) in [5, 5.41) is 16.4. The Bertz CT molecular complexity index is 860. The fourth-order valence-electron chi connectivity index (χ4n) is 3.94. The fourth-order valence-corrected chi connectivity index (χ4v) is 3.94. The van der Waals surface area contributed by atoms with Crippen LogP contribution in [-0.2, 0) is 11.3 Å². The number of likely N-dealkylation sites (tertiary alicyclic amines) is 1. The van der Waals surface area contributed by atoms with Crippen LogP contribution in [0.1, 0.15) is 32.3 Å². The summed E-state index contributed by atoms with van der Waals surface area (Å²) in [4.78, 5) is 27.5. The van der Waals surface area contributed by atoms with E-state index in [-0.39, 0.29) is 30.5 Å². The summed E-state index contributed by atoms with van der Waals surface area (Å²) >= 11 is 0. The van der Waals surface area contributed by atoms with Crippen molar-refractivity contribution in [3.8, 4) is 5.75 Å². The van der Waals surface area contributed by atoms with E-state index in [1.54, 1.807) is 4.90 Å². The van der Waals surface area contributed by atoms with Gasteiger partial charge in [0.1, 0.15) is 24.5 Å². The Morgan fingerprint density at radius 1 is 1.09 bits per heavy atom. The van der Waals surface area contributed by atoms with Gasteiger partial charge in [0.25, 0.3) is 0 Å². The van der Waals surface area contributed by atoms with Crippen molar-refractivity contribution in [3.05, 3.63) is 66.2 Å². The second-order valence-electron chi connectivity index (χ2n) is 8.47. The van der Waals surface area contributed by atoms with E-state index in [0.717, 1.165) is 12.0 Å². The fraction of sp³-hybridized carbons (Fsp3) is 0.440. The van der Waals surface area contributed by atoms with Gasteiger partial charge in [0.2, 0.25) is 5.91 Å². The zero-order valence-electron chi connectivity index (χ0n) is 18.7. The van der Waals surface area contributed by atoms with E-state index in [9.17, 15) is 14.7 Å². The highest BCUT2D eigenvalue weighted by Gasteiger charge is 2.38. The number of benzene rings is 2. The molecule has 32 heavy (non-hydrogen) atoms. The van der Waals surface area contributed by atoms with E-state index in [4.69, 9.17) is 4.74 Å². The number of carbonyl (C=O) groups is 2. The molecule has 3 amide bonds. The van der Waals surface area contributed by atoms with Crippen LogP contribution >= 0.6 is 0 Å². The van der Waals surface area contributed by atoms with Crippen LogP contribution in [0.5, 0.6) is 5.75 Å². The summed E-state index contributed by atoms with van der Waals surface area (Å²) in [6, 6.07) is 17.5. The first-order valence-corrected chi connectivity index (χ1v) is 11.2. The molecule has 3 atom stereocenters. The molecular weight excluding hydrogens is 406 g/mol. The van der Waals surface area contributed by atoms with Crippen molar-refractivity contribution in [1.82, 2.24) is 15.5 Å². The number of nitrogens with one attached hydrogen (secondary N) is 2. The number of aliphatic hydroxyl groups excluding tert-OH is 1. The van der Waals surface area contributed by atoms with E-state index in [1.165, 1.54) is 0 Å². The average molecular weight is 440 g/mol. The second kappa shape index (κ2) is 11.5. The Morgan fingerprint density at radius 2 is 1.75 bits per heavy atom. The average Bonchev–Trinajstić information content (AvgIpc) is 3.30. The Balaban J connectivity index is 1.56. The highest BCUT2D eigenvalue weighted by atomic mass is 16.5. The zero-order valence-corrected chi connectivity index (χ0v) is 18.7. The van der Waals surface area contributed by atoms with E-state index in [2.05, 4.69) is 10.6 Å². The lowest BCUT2D eigenvalue weighted by atomic mass is 10.0. The van der Waals surface area contributed by atoms with Gasteiger partial charge in [-0.05, 0) is 36.5 Å². The van der Waals surface area contributed by atoms with Gasteiger partial charge in [0, 0.05) is 13.1 Å². The van der Waals surface area contributed by atoms with Gasteiger partial charge in [-0.15, -0.1) is 0 Å². The van der Waals surface area contributed by atoms with Crippen LogP contribution < -0.4 is 15.4 Å². The summed E-state index contributed by atoms with van der Waals surface area (Å²) in [5.41, 5.74) is 0.983. The van der Waals surface area contributed by atoms with Crippen molar-refractivity contribution in [1.29, 1.82) is 0 Å². The monoisotopic (exact) mass is 439 g/mol. The molecule has 1 fully saturated rings. The van der Waals surface area contributed by atoms with Gasteiger partial charge in [-0.25, -0.2) is 4.79 Å². The maximum absolute atomic E-state index is 13.3. The Hall–Kier alpha value is -3.06. The number of hydrogen-bond acceptors (Lipinski definition) is 4. The van der Waals surface area contributed by atoms with Crippen molar-refractivity contribution < 1.29 is 19.4 Å². The second-order valence-corrected chi connectivity index (χ2v) is 8.47. The van der Waals surface area contributed by atoms with Crippen LogP contribution in [0.3, 0.4) is 0 Å². The summed E-state index contributed by atoms with van der Waals surface area (Å²) in [5.74, 6) is 0.416. The number of ether oxygens (including phenoxy) is 1. The number of rotatable bonds is 9. The molecule has 0 saturated carbocycles. The maximum Gasteiger partial charge on any atom is 0.315 e. The maximum atomic E-state index is 13.3. The summed E-state index contributed by atoms with van der Waals surface area (Å²) in [6.45, 7) is 4.85. The minimum absolute atomic E-state index is 0.0936. The van der Waals surface area contributed by atoms with Crippen molar-refractivity contribution in [2.75, 3.05) is 13.2 Å². The molecule has 1 unspecified atom stereocenters. The number of urea groups is 1. The number of nitrogens with zero attached hydrogens (tertiary/aromatic N) is 1. The van der Waals surface area contributed by atoms with Gasteiger partial charge in [-0.3, -0.25) is 4.79 Å². The molecular formula is C25H33N3O4. The number of carbonyl (C=O) groups excluding carboxylic acids is 2. The van der Waals surface area contributed by atoms with Gasteiger partial charge < -0.3 is 25.4 Å². The van der Waals surface area contributed by atoms with Gasteiger partial charge in [-0.1, -0.05) is 62.4 Å². The van der Waals surface area contributed by atoms with Crippen LogP contribution in [-0.4, -0.2) is 53.3 Å². The molecule has 3 rings (SSSR count). The highest BCUT2D eigenvalue weighted by Crippen LogP contribution is 2.23. The van der Waals surface area contributed by atoms with E-state index >= 15 is 0 Å². The van der Waals surface area contributed by atoms with Crippen molar-refractivity contribution in [3.63, 3.8) is 0 Å². The Labute approximate surface area is 189 Å². The van der Waals surface area contributed by atoms with E-state index < -0.39 is 12.1 Å². The predicted octanol–water partition coefficient (Wildman–Crippen LogP) is 2.94.